The largest absolute Gasteiger partial charge is 0.354 e. The lowest BCUT2D eigenvalue weighted by atomic mass is 9.72. The van der Waals surface area contributed by atoms with Crippen molar-refractivity contribution in [2.45, 2.75) is 72.9 Å². The number of rotatable bonds is 4. The van der Waals surface area contributed by atoms with Gasteiger partial charge in [0.15, 0.2) is 0 Å². The summed E-state index contributed by atoms with van der Waals surface area (Å²) in [5.41, 5.74) is 1.48. The average molecular weight is 376 g/mol. The highest BCUT2D eigenvalue weighted by atomic mass is 32.1. The van der Waals surface area contributed by atoms with Crippen molar-refractivity contribution in [2.24, 2.45) is 11.3 Å². The van der Waals surface area contributed by atoms with Crippen molar-refractivity contribution >= 4 is 27.5 Å². The van der Waals surface area contributed by atoms with Crippen molar-refractivity contribution < 1.29 is 4.79 Å². The topological polar surface area (TPSA) is 64.0 Å². The molecule has 0 spiro atoms. The molecular formula is C20H29N3O2S. The maximum atomic E-state index is 13.0. The van der Waals surface area contributed by atoms with Gasteiger partial charge in [-0.15, -0.1) is 11.3 Å². The fraction of sp³-hybridized carbons (Fsp3) is 0.650. The van der Waals surface area contributed by atoms with E-state index in [-0.39, 0.29) is 22.9 Å². The molecule has 0 fully saturated rings. The monoisotopic (exact) mass is 375 g/mol. The number of hydrogen-bond donors (Lipinski definition) is 1. The molecule has 2 aromatic rings. The van der Waals surface area contributed by atoms with Gasteiger partial charge in [0.25, 0.3) is 5.56 Å². The third-order valence-electron chi connectivity index (χ3n) is 5.29. The second-order valence-electron chi connectivity index (χ2n) is 8.71. The van der Waals surface area contributed by atoms with Crippen molar-refractivity contribution in [3.8, 4) is 0 Å². The van der Waals surface area contributed by atoms with Gasteiger partial charge in [-0.05, 0) is 50.0 Å². The van der Waals surface area contributed by atoms with Crippen molar-refractivity contribution in [2.75, 3.05) is 0 Å². The molecule has 3 rings (SSSR count). The van der Waals surface area contributed by atoms with E-state index in [0.717, 1.165) is 29.5 Å². The highest BCUT2D eigenvalue weighted by Gasteiger charge is 2.31. The van der Waals surface area contributed by atoms with Crippen LogP contribution in [0.2, 0.25) is 0 Å². The number of carbonyl (C=O) groups excluding carboxylic acids is 1. The molecule has 26 heavy (non-hydrogen) atoms. The Morgan fingerprint density at radius 3 is 2.81 bits per heavy atom. The van der Waals surface area contributed by atoms with Crippen LogP contribution in [-0.4, -0.2) is 21.5 Å². The van der Waals surface area contributed by atoms with Crippen LogP contribution < -0.4 is 10.9 Å². The van der Waals surface area contributed by atoms with Gasteiger partial charge in [0.1, 0.15) is 4.83 Å². The minimum atomic E-state index is -0.0348. The highest BCUT2D eigenvalue weighted by Crippen LogP contribution is 2.41. The van der Waals surface area contributed by atoms with E-state index < -0.39 is 0 Å². The molecule has 0 saturated carbocycles. The first-order valence-electron chi connectivity index (χ1n) is 9.46. The van der Waals surface area contributed by atoms with E-state index >= 15 is 0 Å². The van der Waals surface area contributed by atoms with Gasteiger partial charge in [-0.25, -0.2) is 4.98 Å². The zero-order valence-corrected chi connectivity index (χ0v) is 17.2. The van der Waals surface area contributed by atoms with Crippen LogP contribution in [0.15, 0.2) is 11.1 Å². The van der Waals surface area contributed by atoms with Crippen molar-refractivity contribution in [3.63, 3.8) is 0 Å². The third-order valence-corrected chi connectivity index (χ3v) is 6.45. The Morgan fingerprint density at radius 1 is 1.42 bits per heavy atom. The molecule has 0 aromatic carbocycles. The summed E-state index contributed by atoms with van der Waals surface area (Å²) in [6, 6.07) is 0.111. The molecule has 1 aliphatic carbocycles. The van der Waals surface area contributed by atoms with Gasteiger partial charge >= 0.3 is 0 Å². The summed E-state index contributed by atoms with van der Waals surface area (Å²) in [7, 11) is 0. The molecule has 142 valence electrons. The summed E-state index contributed by atoms with van der Waals surface area (Å²) in [4.78, 5) is 31.5. The molecule has 6 heteroatoms. The fourth-order valence-electron chi connectivity index (χ4n) is 3.72. The first-order valence-corrected chi connectivity index (χ1v) is 10.3. The van der Waals surface area contributed by atoms with Crippen LogP contribution in [0, 0.1) is 11.3 Å². The van der Waals surface area contributed by atoms with Crippen LogP contribution in [-0.2, 0) is 24.2 Å². The lowest BCUT2D eigenvalue weighted by Gasteiger charge is -2.33. The Balaban J connectivity index is 1.86. The zero-order valence-electron chi connectivity index (χ0n) is 16.4. The quantitative estimate of drug-likeness (QED) is 0.889. The number of nitrogens with zero attached hydrogens (tertiary/aromatic N) is 2. The number of hydrogen-bond acceptors (Lipinski definition) is 4. The molecule has 1 aliphatic rings. The maximum Gasteiger partial charge on any atom is 0.262 e. The molecule has 1 unspecified atom stereocenters. The Labute approximate surface area is 158 Å². The smallest absolute Gasteiger partial charge is 0.262 e. The van der Waals surface area contributed by atoms with E-state index in [9.17, 15) is 9.59 Å². The van der Waals surface area contributed by atoms with E-state index in [0.29, 0.717) is 18.9 Å². The lowest BCUT2D eigenvalue weighted by molar-refractivity contribution is -0.121. The molecule has 2 heterocycles. The summed E-state index contributed by atoms with van der Waals surface area (Å²) in [5, 5.41) is 3.64. The molecule has 0 bridgehead atoms. The molecule has 5 nitrogen and oxygen atoms in total. The predicted octanol–water partition coefficient (Wildman–Crippen LogP) is 3.52. The third kappa shape index (κ3) is 3.85. The number of nitrogens with one attached hydrogen (secondary N) is 1. The van der Waals surface area contributed by atoms with Crippen LogP contribution in [0.3, 0.4) is 0 Å². The average Bonchev–Trinajstić information content (AvgIpc) is 2.91. The Morgan fingerprint density at radius 2 is 2.15 bits per heavy atom. The normalized spacial score (nSPS) is 17.5. The second-order valence-corrected chi connectivity index (χ2v) is 9.79. The second kappa shape index (κ2) is 7.14. The van der Waals surface area contributed by atoms with Crippen LogP contribution in [0.4, 0.5) is 0 Å². The van der Waals surface area contributed by atoms with Gasteiger partial charge < -0.3 is 5.32 Å². The fourth-order valence-corrected chi connectivity index (χ4v) is 4.97. The Hall–Kier alpha value is -1.69. The lowest BCUT2D eigenvalue weighted by Crippen LogP contribution is -2.32. The molecule has 0 saturated heterocycles. The Kier molecular flexibility index (Phi) is 5.24. The van der Waals surface area contributed by atoms with Gasteiger partial charge in [-0.3, -0.25) is 14.2 Å². The van der Waals surface area contributed by atoms with Crippen LogP contribution in [0.1, 0.15) is 57.9 Å². The summed E-state index contributed by atoms with van der Waals surface area (Å²) in [5.74, 6) is 0.609. The Bertz CT molecular complexity index is 874. The number of carbonyl (C=O) groups is 1. The van der Waals surface area contributed by atoms with E-state index in [4.69, 9.17) is 0 Å². The molecule has 1 N–H and O–H groups in total. The number of amides is 1. The number of thiophene rings is 1. The van der Waals surface area contributed by atoms with Crippen molar-refractivity contribution in [3.05, 3.63) is 27.1 Å². The SMILES string of the molecule is CC(C)NC(=O)CCn1cnc2sc3c(c2c1=O)CCC(C(C)(C)C)C3. The number of aromatic nitrogens is 2. The summed E-state index contributed by atoms with van der Waals surface area (Å²) < 4.78 is 1.59. The van der Waals surface area contributed by atoms with Crippen LogP contribution in [0.25, 0.3) is 10.2 Å². The number of aryl methyl sites for hydroxylation is 2. The van der Waals surface area contributed by atoms with Crippen molar-refractivity contribution in [1.29, 1.82) is 0 Å². The molecule has 0 aliphatic heterocycles. The van der Waals surface area contributed by atoms with E-state index in [1.54, 1.807) is 22.2 Å². The van der Waals surface area contributed by atoms with E-state index in [1.165, 1.54) is 10.4 Å². The van der Waals surface area contributed by atoms with E-state index in [2.05, 4.69) is 31.1 Å². The summed E-state index contributed by atoms with van der Waals surface area (Å²) >= 11 is 1.67. The molecular weight excluding hydrogens is 346 g/mol. The minimum Gasteiger partial charge on any atom is -0.354 e. The molecule has 1 atom stereocenters. The van der Waals surface area contributed by atoms with Gasteiger partial charge in [0.2, 0.25) is 5.91 Å². The highest BCUT2D eigenvalue weighted by molar-refractivity contribution is 7.18. The van der Waals surface area contributed by atoms with Gasteiger partial charge in [-0.1, -0.05) is 20.8 Å². The number of fused-ring (bicyclic) bond motifs is 3. The van der Waals surface area contributed by atoms with Crippen LogP contribution in [0.5, 0.6) is 0 Å². The maximum absolute atomic E-state index is 13.0. The predicted molar refractivity (Wildman–Crippen MR) is 107 cm³/mol. The van der Waals surface area contributed by atoms with Gasteiger partial charge in [0.05, 0.1) is 11.7 Å². The van der Waals surface area contributed by atoms with Gasteiger partial charge in [-0.2, -0.15) is 0 Å². The van der Waals surface area contributed by atoms with E-state index in [1.807, 2.05) is 13.8 Å². The molecule has 2 aromatic heterocycles. The first kappa shape index (κ1) is 19.1. The zero-order chi connectivity index (χ0) is 19.1. The first-order chi connectivity index (χ1) is 12.2. The summed E-state index contributed by atoms with van der Waals surface area (Å²) in [6.07, 6.45) is 5.00. The van der Waals surface area contributed by atoms with Crippen molar-refractivity contribution in [1.82, 2.24) is 14.9 Å². The molecule has 1 amide bonds. The summed E-state index contributed by atoms with van der Waals surface area (Å²) in [6.45, 7) is 11.1. The minimum absolute atomic E-state index is 0.000874. The standard InChI is InChI=1S/C20H29N3O2S/c1-12(2)22-16(24)8-9-23-11-21-18-17(19(23)25)14-7-6-13(20(3,4)5)10-15(14)26-18/h11-13H,6-10H2,1-5H3,(H,22,24). The van der Waals surface area contributed by atoms with Gasteiger partial charge in [0, 0.05) is 23.9 Å². The van der Waals surface area contributed by atoms with Crippen LogP contribution >= 0.6 is 11.3 Å². The molecule has 0 radical (unpaired) electrons.